The van der Waals surface area contributed by atoms with Crippen molar-refractivity contribution >= 4 is 6.09 Å². The number of nitrogens with zero attached hydrogens (tertiary/aromatic N) is 1. The number of piperidine rings is 1. The summed E-state index contributed by atoms with van der Waals surface area (Å²) in [7, 11) is 0. The second kappa shape index (κ2) is 10.2. The first-order valence-corrected chi connectivity index (χ1v) is 9.87. The van der Waals surface area contributed by atoms with Gasteiger partial charge in [0, 0.05) is 6.04 Å². The van der Waals surface area contributed by atoms with Crippen LogP contribution < -0.4 is 0 Å². The third-order valence-corrected chi connectivity index (χ3v) is 5.47. The van der Waals surface area contributed by atoms with E-state index >= 15 is 0 Å². The highest BCUT2D eigenvalue weighted by atomic mass is 16.6. The first kappa shape index (κ1) is 18.6. The standard InChI is InChI=1S/C19H35NO3/c1-2-3-4-5-6-7-8-9-10-11-12-16-13-14-18(21)17-15-23-19(22)20(16)17/h16-18,21H,2-15H2,1H3/t16-,17-,18+/m0/s1. The number of carbonyl (C=O) groups excluding carboxylic acids is 1. The van der Waals surface area contributed by atoms with Crippen LogP contribution >= 0.6 is 0 Å². The maximum Gasteiger partial charge on any atom is 0.410 e. The van der Waals surface area contributed by atoms with E-state index in [1.165, 1.54) is 64.2 Å². The van der Waals surface area contributed by atoms with E-state index in [-0.39, 0.29) is 18.2 Å². The van der Waals surface area contributed by atoms with Crippen molar-refractivity contribution in [2.75, 3.05) is 6.61 Å². The summed E-state index contributed by atoms with van der Waals surface area (Å²) in [6, 6.07) is 0.191. The molecule has 2 rings (SSSR count). The summed E-state index contributed by atoms with van der Waals surface area (Å²) in [5.41, 5.74) is 0. The van der Waals surface area contributed by atoms with E-state index in [0.717, 1.165) is 19.3 Å². The molecule has 2 heterocycles. The van der Waals surface area contributed by atoms with Crippen LogP contribution in [0.1, 0.15) is 90.4 Å². The van der Waals surface area contributed by atoms with Crippen molar-refractivity contribution in [2.24, 2.45) is 0 Å². The summed E-state index contributed by atoms with van der Waals surface area (Å²) in [6.07, 6.45) is 15.6. The molecule has 23 heavy (non-hydrogen) atoms. The molecule has 4 nitrogen and oxygen atoms in total. The van der Waals surface area contributed by atoms with Crippen LogP contribution in [-0.2, 0) is 4.74 Å². The first-order valence-electron chi connectivity index (χ1n) is 9.87. The molecule has 0 saturated carbocycles. The van der Waals surface area contributed by atoms with E-state index < -0.39 is 6.10 Å². The van der Waals surface area contributed by atoms with E-state index in [1.807, 2.05) is 4.90 Å². The highest BCUT2D eigenvalue weighted by Crippen LogP contribution is 2.31. The van der Waals surface area contributed by atoms with Crippen LogP contribution in [0.2, 0.25) is 0 Å². The summed E-state index contributed by atoms with van der Waals surface area (Å²) < 4.78 is 5.13. The number of rotatable bonds is 11. The third-order valence-electron chi connectivity index (χ3n) is 5.47. The monoisotopic (exact) mass is 325 g/mol. The number of hydrogen-bond donors (Lipinski definition) is 1. The van der Waals surface area contributed by atoms with Crippen LogP contribution in [0.3, 0.4) is 0 Å². The molecule has 0 bridgehead atoms. The minimum Gasteiger partial charge on any atom is -0.447 e. The average molecular weight is 325 g/mol. The molecule has 2 saturated heterocycles. The van der Waals surface area contributed by atoms with Crippen molar-refractivity contribution in [3.8, 4) is 0 Å². The highest BCUT2D eigenvalue weighted by molar-refractivity contribution is 5.70. The van der Waals surface area contributed by atoms with E-state index in [4.69, 9.17) is 4.74 Å². The second-order valence-electron chi connectivity index (χ2n) is 7.32. The number of aliphatic hydroxyl groups is 1. The van der Waals surface area contributed by atoms with Gasteiger partial charge in [-0.1, -0.05) is 71.1 Å². The van der Waals surface area contributed by atoms with Crippen LogP contribution in [0.5, 0.6) is 0 Å². The minimum absolute atomic E-state index is 0.0932. The third kappa shape index (κ3) is 5.66. The molecule has 0 aliphatic carbocycles. The Morgan fingerprint density at radius 2 is 1.61 bits per heavy atom. The molecule has 0 aromatic carbocycles. The van der Waals surface area contributed by atoms with Gasteiger partial charge in [-0.3, -0.25) is 4.90 Å². The first-order chi connectivity index (χ1) is 11.2. The molecule has 1 N–H and O–H groups in total. The molecule has 0 unspecified atom stereocenters. The van der Waals surface area contributed by atoms with E-state index in [1.54, 1.807) is 0 Å². The molecule has 2 aliphatic rings. The topological polar surface area (TPSA) is 49.8 Å². The van der Waals surface area contributed by atoms with Crippen molar-refractivity contribution in [2.45, 2.75) is 109 Å². The van der Waals surface area contributed by atoms with Crippen LogP contribution in [0.25, 0.3) is 0 Å². The van der Waals surface area contributed by atoms with E-state index in [2.05, 4.69) is 6.92 Å². The lowest BCUT2D eigenvalue weighted by atomic mass is 9.91. The lowest BCUT2D eigenvalue weighted by Gasteiger charge is -2.38. The highest BCUT2D eigenvalue weighted by Gasteiger charge is 2.44. The van der Waals surface area contributed by atoms with Gasteiger partial charge in [0.15, 0.2) is 0 Å². The molecule has 2 aliphatic heterocycles. The van der Waals surface area contributed by atoms with Crippen molar-refractivity contribution in [3.63, 3.8) is 0 Å². The fraction of sp³-hybridized carbons (Fsp3) is 0.947. The maximum atomic E-state index is 11.8. The number of amides is 1. The Bertz CT molecular complexity index is 348. The molecule has 2 fully saturated rings. The number of carbonyl (C=O) groups is 1. The fourth-order valence-electron chi connectivity index (χ4n) is 4.01. The number of fused-ring (bicyclic) bond motifs is 1. The lowest BCUT2D eigenvalue weighted by Crippen LogP contribution is -2.52. The quantitative estimate of drug-likeness (QED) is 0.563. The Labute approximate surface area is 141 Å². The zero-order valence-electron chi connectivity index (χ0n) is 14.8. The summed E-state index contributed by atoms with van der Waals surface area (Å²) in [6.45, 7) is 2.63. The second-order valence-corrected chi connectivity index (χ2v) is 7.32. The smallest absolute Gasteiger partial charge is 0.410 e. The van der Waals surface area contributed by atoms with Gasteiger partial charge in [0.05, 0.1) is 12.1 Å². The SMILES string of the molecule is CCCCCCCCCCCC[C@H]1CC[C@@H](O)[C@@H]2COC(=O)N12. The fourth-order valence-corrected chi connectivity index (χ4v) is 4.01. The number of hydrogen-bond acceptors (Lipinski definition) is 3. The summed E-state index contributed by atoms with van der Waals surface area (Å²) in [4.78, 5) is 13.7. The van der Waals surface area contributed by atoms with Gasteiger partial charge in [0.25, 0.3) is 0 Å². The van der Waals surface area contributed by atoms with Gasteiger partial charge >= 0.3 is 6.09 Å². The molecule has 134 valence electrons. The van der Waals surface area contributed by atoms with Crippen molar-refractivity contribution in [1.29, 1.82) is 0 Å². The Kier molecular flexibility index (Phi) is 8.21. The van der Waals surface area contributed by atoms with Gasteiger partial charge in [0.2, 0.25) is 0 Å². The van der Waals surface area contributed by atoms with Crippen molar-refractivity contribution in [3.05, 3.63) is 0 Å². The van der Waals surface area contributed by atoms with Crippen molar-refractivity contribution in [1.82, 2.24) is 4.90 Å². The van der Waals surface area contributed by atoms with Gasteiger partial charge in [-0.15, -0.1) is 0 Å². The number of ether oxygens (including phenoxy) is 1. The molecule has 0 spiro atoms. The molecule has 4 heteroatoms. The Morgan fingerprint density at radius 3 is 2.26 bits per heavy atom. The Hall–Kier alpha value is -0.770. The molecular weight excluding hydrogens is 290 g/mol. The van der Waals surface area contributed by atoms with Gasteiger partial charge < -0.3 is 9.84 Å². The molecule has 1 amide bonds. The predicted molar refractivity (Wildman–Crippen MR) is 92.5 cm³/mol. The zero-order valence-corrected chi connectivity index (χ0v) is 14.8. The number of aliphatic hydroxyl groups excluding tert-OH is 1. The Morgan fingerprint density at radius 1 is 1.00 bits per heavy atom. The number of cyclic esters (lactones) is 1. The normalized spacial score (nSPS) is 27.1. The van der Waals surface area contributed by atoms with Crippen LogP contribution in [-0.4, -0.2) is 40.9 Å². The molecule has 0 aromatic heterocycles. The van der Waals surface area contributed by atoms with Crippen molar-refractivity contribution < 1.29 is 14.6 Å². The molecule has 0 radical (unpaired) electrons. The van der Waals surface area contributed by atoms with E-state index in [0.29, 0.717) is 6.61 Å². The molecular formula is C19H35NO3. The largest absolute Gasteiger partial charge is 0.447 e. The maximum absolute atomic E-state index is 11.8. The van der Waals surface area contributed by atoms with E-state index in [9.17, 15) is 9.90 Å². The average Bonchev–Trinajstić information content (AvgIpc) is 2.94. The van der Waals surface area contributed by atoms with Gasteiger partial charge in [-0.2, -0.15) is 0 Å². The van der Waals surface area contributed by atoms with Gasteiger partial charge in [-0.05, 0) is 19.3 Å². The van der Waals surface area contributed by atoms with Gasteiger partial charge in [0.1, 0.15) is 6.61 Å². The predicted octanol–water partition coefficient (Wildman–Crippen LogP) is 4.64. The zero-order chi connectivity index (χ0) is 16.5. The van der Waals surface area contributed by atoms with Crippen LogP contribution in [0.4, 0.5) is 4.79 Å². The van der Waals surface area contributed by atoms with Crippen LogP contribution in [0.15, 0.2) is 0 Å². The lowest BCUT2D eigenvalue weighted by molar-refractivity contribution is 0.0200. The Balaban J connectivity index is 1.52. The van der Waals surface area contributed by atoms with Gasteiger partial charge in [-0.25, -0.2) is 4.79 Å². The summed E-state index contributed by atoms with van der Waals surface area (Å²) in [5, 5.41) is 9.99. The molecule has 0 aromatic rings. The van der Waals surface area contributed by atoms with Crippen LogP contribution in [0, 0.1) is 0 Å². The molecule has 3 atom stereocenters. The number of unbranched alkanes of at least 4 members (excludes halogenated alkanes) is 9. The summed E-state index contributed by atoms with van der Waals surface area (Å²) >= 11 is 0. The minimum atomic E-state index is -0.398. The summed E-state index contributed by atoms with van der Waals surface area (Å²) in [5.74, 6) is 0.